The van der Waals surface area contributed by atoms with Crippen molar-refractivity contribution in [3.8, 4) is 17.2 Å². The summed E-state index contributed by atoms with van der Waals surface area (Å²) >= 11 is 0. The summed E-state index contributed by atoms with van der Waals surface area (Å²) in [5.41, 5.74) is 1.68. The Balaban J connectivity index is 1.79. The first-order valence-corrected chi connectivity index (χ1v) is 7.19. The normalized spacial score (nSPS) is 10.1. The molecule has 116 valence electrons. The average Bonchev–Trinajstić information content (AvgIpc) is 2.56. The number of hydrogen-bond acceptors (Lipinski definition) is 4. The van der Waals surface area contributed by atoms with E-state index in [1.807, 2.05) is 37.3 Å². The van der Waals surface area contributed by atoms with Gasteiger partial charge in [-0.25, -0.2) is 0 Å². The van der Waals surface area contributed by atoms with E-state index >= 15 is 0 Å². The quantitative estimate of drug-likeness (QED) is 0.551. The summed E-state index contributed by atoms with van der Waals surface area (Å²) in [6.45, 7) is 3.01. The Bertz CT molecular complexity index is 622. The van der Waals surface area contributed by atoms with Crippen LogP contribution in [0.1, 0.15) is 22.3 Å². The fraction of sp³-hybridized carbons (Fsp3) is 0.278. The maximum atomic E-state index is 10.9. The van der Waals surface area contributed by atoms with Crippen molar-refractivity contribution in [1.29, 1.82) is 0 Å². The van der Waals surface area contributed by atoms with E-state index in [0.717, 1.165) is 23.3 Å². The molecule has 0 bridgehead atoms. The molecule has 0 fully saturated rings. The van der Waals surface area contributed by atoms with Gasteiger partial charge in [0.15, 0.2) is 17.8 Å². The van der Waals surface area contributed by atoms with Crippen LogP contribution in [-0.4, -0.2) is 26.6 Å². The van der Waals surface area contributed by atoms with E-state index in [0.29, 0.717) is 30.9 Å². The monoisotopic (exact) mass is 300 g/mol. The molecule has 0 amide bonds. The van der Waals surface area contributed by atoms with Crippen molar-refractivity contribution in [3.05, 3.63) is 53.6 Å². The van der Waals surface area contributed by atoms with E-state index in [2.05, 4.69) is 0 Å². The molecule has 22 heavy (non-hydrogen) atoms. The molecule has 0 atom stereocenters. The Hall–Kier alpha value is -2.49. The molecule has 0 aliphatic rings. The van der Waals surface area contributed by atoms with E-state index in [9.17, 15) is 4.79 Å². The van der Waals surface area contributed by atoms with Gasteiger partial charge in [0.1, 0.15) is 5.75 Å². The van der Waals surface area contributed by atoms with Gasteiger partial charge >= 0.3 is 0 Å². The lowest BCUT2D eigenvalue weighted by Gasteiger charge is -2.12. The van der Waals surface area contributed by atoms with Crippen molar-refractivity contribution in [2.75, 3.05) is 20.3 Å². The van der Waals surface area contributed by atoms with E-state index in [4.69, 9.17) is 14.2 Å². The average molecular weight is 300 g/mol. The fourth-order valence-corrected chi connectivity index (χ4v) is 2.03. The van der Waals surface area contributed by atoms with Crippen LogP contribution in [0.15, 0.2) is 42.5 Å². The Morgan fingerprint density at radius 3 is 2.41 bits per heavy atom. The standard InChI is InChI=1S/C18H20O4/c1-14-8-9-17(18(12-14)20-2)22-11-5-10-21-16-7-4-3-6-15(16)13-19/h3-4,6-9,12-13H,5,10-11H2,1-2H3. The van der Waals surface area contributed by atoms with Gasteiger partial charge < -0.3 is 14.2 Å². The fourth-order valence-electron chi connectivity index (χ4n) is 2.03. The predicted octanol–water partition coefficient (Wildman–Crippen LogP) is 3.66. The molecule has 4 nitrogen and oxygen atoms in total. The number of benzene rings is 2. The number of para-hydroxylation sites is 1. The topological polar surface area (TPSA) is 44.8 Å². The van der Waals surface area contributed by atoms with Crippen LogP contribution in [-0.2, 0) is 0 Å². The van der Waals surface area contributed by atoms with Crippen molar-refractivity contribution in [3.63, 3.8) is 0 Å². The van der Waals surface area contributed by atoms with E-state index in [1.165, 1.54) is 0 Å². The summed E-state index contributed by atoms with van der Waals surface area (Å²) in [6, 6.07) is 13.0. The summed E-state index contributed by atoms with van der Waals surface area (Å²) in [7, 11) is 1.63. The van der Waals surface area contributed by atoms with Crippen LogP contribution in [0.5, 0.6) is 17.2 Å². The third kappa shape index (κ3) is 4.25. The third-order valence-corrected chi connectivity index (χ3v) is 3.17. The van der Waals surface area contributed by atoms with Gasteiger partial charge in [0.05, 0.1) is 25.9 Å². The van der Waals surface area contributed by atoms with Crippen molar-refractivity contribution in [2.24, 2.45) is 0 Å². The lowest BCUT2D eigenvalue weighted by Crippen LogP contribution is -2.06. The summed E-state index contributed by atoms with van der Waals surface area (Å²) in [6.07, 6.45) is 1.51. The lowest BCUT2D eigenvalue weighted by molar-refractivity contribution is 0.111. The minimum atomic E-state index is 0.485. The van der Waals surface area contributed by atoms with Gasteiger partial charge in [0.25, 0.3) is 0 Å². The van der Waals surface area contributed by atoms with Gasteiger partial charge in [-0.05, 0) is 36.8 Å². The smallest absolute Gasteiger partial charge is 0.161 e. The van der Waals surface area contributed by atoms with Crippen LogP contribution in [0, 0.1) is 6.92 Å². The summed E-state index contributed by atoms with van der Waals surface area (Å²) < 4.78 is 16.6. The molecule has 2 aromatic carbocycles. The zero-order valence-electron chi connectivity index (χ0n) is 12.9. The summed E-state index contributed by atoms with van der Waals surface area (Å²) in [5, 5.41) is 0. The van der Waals surface area contributed by atoms with Crippen LogP contribution in [0.2, 0.25) is 0 Å². The molecule has 0 aliphatic carbocycles. The van der Waals surface area contributed by atoms with Gasteiger partial charge in [-0.2, -0.15) is 0 Å². The number of aryl methyl sites for hydroxylation is 1. The second-order valence-corrected chi connectivity index (χ2v) is 4.86. The van der Waals surface area contributed by atoms with Gasteiger partial charge in [-0.3, -0.25) is 4.79 Å². The van der Waals surface area contributed by atoms with Gasteiger partial charge in [0.2, 0.25) is 0 Å². The minimum Gasteiger partial charge on any atom is -0.493 e. The Labute approximate surface area is 130 Å². The minimum absolute atomic E-state index is 0.485. The molecule has 0 aliphatic heterocycles. The number of aldehydes is 1. The number of ether oxygens (including phenoxy) is 3. The first-order valence-electron chi connectivity index (χ1n) is 7.19. The molecule has 0 unspecified atom stereocenters. The number of hydrogen-bond donors (Lipinski definition) is 0. The molecular formula is C18H20O4. The highest BCUT2D eigenvalue weighted by Crippen LogP contribution is 2.27. The number of carbonyl (C=O) groups is 1. The second kappa shape index (κ2) is 8.08. The van der Waals surface area contributed by atoms with Crippen molar-refractivity contribution in [1.82, 2.24) is 0 Å². The van der Waals surface area contributed by atoms with E-state index in [-0.39, 0.29) is 0 Å². The number of carbonyl (C=O) groups excluding carboxylic acids is 1. The maximum absolute atomic E-state index is 10.9. The van der Waals surface area contributed by atoms with Gasteiger partial charge in [-0.1, -0.05) is 18.2 Å². The molecule has 4 heteroatoms. The Kier molecular flexibility index (Phi) is 5.83. The molecule has 0 N–H and O–H groups in total. The van der Waals surface area contributed by atoms with Gasteiger partial charge in [0, 0.05) is 6.42 Å². The largest absolute Gasteiger partial charge is 0.493 e. The highest BCUT2D eigenvalue weighted by molar-refractivity contribution is 5.79. The SMILES string of the molecule is COc1cc(C)ccc1OCCCOc1ccccc1C=O. The number of rotatable bonds is 8. The van der Waals surface area contributed by atoms with Crippen LogP contribution < -0.4 is 14.2 Å². The second-order valence-electron chi connectivity index (χ2n) is 4.86. The molecular weight excluding hydrogens is 280 g/mol. The third-order valence-electron chi connectivity index (χ3n) is 3.17. The highest BCUT2D eigenvalue weighted by atomic mass is 16.5. The molecule has 0 spiro atoms. The number of methoxy groups -OCH3 is 1. The predicted molar refractivity (Wildman–Crippen MR) is 85.2 cm³/mol. The highest BCUT2D eigenvalue weighted by Gasteiger charge is 2.05. The molecule has 0 heterocycles. The van der Waals surface area contributed by atoms with Crippen LogP contribution in [0.4, 0.5) is 0 Å². The van der Waals surface area contributed by atoms with E-state index < -0.39 is 0 Å². The Morgan fingerprint density at radius 1 is 0.955 bits per heavy atom. The van der Waals surface area contributed by atoms with Crippen LogP contribution in [0.3, 0.4) is 0 Å². The molecule has 0 radical (unpaired) electrons. The lowest BCUT2D eigenvalue weighted by atomic mass is 10.2. The first-order chi connectivity index (χ1) is 10.7. The zero-order valence-corrected chi connectivity index (χ0v) is 12.9. The van der Waals surface area contributed by atoms with Crippen LogP contribution >= 0.6 is 0 Å². The summed E-state index contributed by atoms with van der Waals surface area (Å²) in [4.78, 5) is 10.9. The van der Waals surface area contributed by atoms with Crippen molar-refractivity contribution < 1.29 is 19.0 Å². The van der Waals surface area contributed by atoms with E-state index in [1.54, 1.807) is 19.2 Å². The molecule has 2 aromatic rings. The van der Waals surface area contributed by atoms with Crippen molar-refractivity contribution in [2.45, 2.75) is 13.3 Å². The molecule has 0 saturated carbocycles. The maximum Gasteiger partial charge on any atom is 0.161 e. The zero-order chi connectivity index (χ0) is 15.8. The Morgan fingerprint density at radius 2 is 1.68 bits per heavy atom. The molecule has 0 aromatic heterocycles. The van der Waals surface area contributed by atoms with Crippen LogP contribution in [0.25, 0.3) is 0 Å². The summed E-state index contributed by atoms with van der Waals surface area (Å²) in [5.74, 6) is 2.05. The van der Waals surface area contributed by atoms with Crippen molar-refractivity contribution >= 4 is 6.29 Å². The molecule has 2 rings (SSSR count). The molecule has 0 saturated heterocycles. The first kappa shape index (κ1) is 15.9. The van der Waals surface area contributed by atoms with Gasteiger partial charge in [-0.15, -0.1) is 0 Å².